The van der Waals surface area contributed by atoms with Crippen LogP contribution in [-0.4, -0.2) is 0 Å². The third-order valence-electron chi connectivity index (χ3n) is 3.66. The lowest BCUT2D eigenvalue weighted by atomic mass is 9.93. The Bertz CT molecular complexity index is 657. The van der Waals surface area contributed by atoms with E-state index in [1.54, 1.807) is 25.1 Å². The van der Waals surface area contributed by atoms with Gasteiger partial charge in [0.1, 0.15) is 23.5 Å². The van der Waals surface area contributed by atoms with Gasteiger partial charge < -0.3 is 10.5 Å². The summed E-state index contributed by atoms with van der Waals surface area (Å²) in [6.45, 7) is 1.71. The van der Waals surface area contributed by atoms with Gasteiger partial charge >= 0.3 is 0 Å². The SMILES string of the molecule is Cc1cc(C2C[C@@H](N)c3cc(F)ccc3O2)ccc1F. The molecule has 0 saturated heterocycles. The van der Waals surface area contributed by atoms with E-state index in [9.17, 15) is 8.78 Å². The van der Waals surface area contributed by atoms with Crippen molar-refractivity contribution in [3.8, 4) is 5.75 Å². The van der Waals surface area contributed by atoms with Gasteiger partial charge in [-0.1, -0.05) is 6.07 Å². The van der Waals surface area contributed by atoms with Crippen LogP contribution in [0.1, 0.15) is 35.3 Å². The molecule has 2 atom stereocenters. The van der Waals surface area contributed by atoms with Gasteiger partial charge in [-0.2, -0.15) is 0 Å². The number of aryl methyl sites for hydroxylation is 1. The normalized spacial score (nSPS) is 21.2. The quantitative estimate of drug-likeness (QED) is 0.859. The highest BCUT2D eigenvalue weighted by molar-refractivity contribution is 5.40. The first kappa shape index (κ1) is 13.1. The zero-order valence-corrected chi connectivity index (χ0v) is 11.1. The van der Waals surface area contributed by atoms with Crippen molar-refractivity contribution in [2.24, 2.45) is 5.73 Å². The molecule has 1 aliphatic rings. The summed E-state index contributed by atoms with van der Waals surface area (Å²) in [6.07, 6.45) is 0.309. The van der Waals surface area contributed by atoms with Gasteiger partial charge in [0, 0.05) is 18.0 Å². The zero-order chi connectivity index (χ0) is 14.3. The van der Waals surface area contributed by atoms with Crippen LogP contribution in [0.25, 0.3) is 0 Å². The Morgan fingerprint density at radius 3 is 2.70 bits per heavy atom. The first-order valence-corrected chi connectivity index (χ1v) is 6.52. The van der Waals surface area contributed by atoms with E-state index < -0.39 is 0 Å². The van der Waals surface area contributed by atoms with Gasteiger partial charge in [0.2, 0.25) is 0 Å². The van der Waals surface area contributed by atoms with E-state index in [0.717, 1.165) is 5.56 Å². The van der Waals surface area contributed by atoms with Gasteiger partial charge in [0.15, 0.2) is 0 Å². The third-order valence-corrected chi connectivity index (χ3v) is 3.66. The summed E-state index contributed by atoms with van der Waals surface area (Å²) in [5, 5.41) is 0. The first-order chi connectivity index (χ1) is 9.54. The minimum absolute atomic E-state index is 0.234. The molecule has 0 aliphatic carbocycles. The minimum atomic E-state index is -0.320. The number of nitrogens with two attached hydrogens (primary N) is 1. The summed E-state index contributed by atoms with van der Waals surface area (Å²) in [5.41, 5.74) is 8.23. The molecule has 1 unspecified atom stereocenters. The number of ether oxygens (including phenoxy) is 1. The number of benzene rings is 2. The van der Waals surface area contributed by atoms with Crippen LogP contribution in [0.4, 0.5) is 8.78 Å². The van der Waals surface area contributed by atoms with Gasteiger partial charge in [0.05, 0.1) is 0 Å². The summed E-state index contributed by atoms with van der Waals surface area (Å²) in [6, 6.07) is 8.96. The highest BCUT2D eigenvalue weighted by Crippen LogP contribution is 2.40. The Balaban J connectivity index is 1.94. The smallest absolute Gasteiger partial charge is 0.126 e. The van der Waals surface area contributed by atoms with Gasteiger partial charge in [-0.3, -0.25) is 0 Å². The molecule has 0 spiro atoms. The van der Waals surface area contributed by atoms with Crippen molar-refractivity contribution in [2.45, 2.75) is 25.5 Å². The predicted octanol–water partition coefficient (Wildman–Crippen LogP) is 3.80. The molecule has 1 heterocycles. The van der Waals surface area contributed by atoms with Crippen LogP contribution in [0, 0.1) is 18.6 Å². The maximum Gasteiger partial charge on any atom is 0.126 e. The van der Waals surface area contributed by atoms with Gasteiger partial charge in [-0.05, 0) is 48.4 Å². The van der Waals surface area contributed by atoms with Gasteiger partial charge in [0.25, 0.3) is 0 Å². The highest BCUT2D eigenvalue weighted by atomic mass is 19.1. The van der Waals surface area contributed by atoms with Gasteiger partial charge in [-0.25, -0.2) is 8.78 Å². The number of halogens is 2. The molecule has 2 N–H and O–H groups in total. The maximum absolute atomic E-state index is 13.3. The summed E-state index contributed by atoms with van der Waals surface area (Å²) in [5.74, 6) is 0.0346. The Morgan fingerprint density at radius 1 is 1.15 bits per heavy atom. The molecule has 0 fully saturated rings. The fourth-order valence-electron chi connectivity index (χ4n) is 2.55. The highest BCUT2D eigenvalue weighted by Gasteiger charge is 2.27. The molecule has 2 aromatic rings. The van der Waals surface area contributed by atoms with E-state index in [2.05, 4.69) is 0 Å². The van der Waals surface area contributed by atoms with Crippen molar-refractivity contribution in [1.82, 2.24) is 0 Å². The first-order valence-electron chi connectivity index (χ1n) is 6.52. The molecular weight excluding hydrogens is 260 g/mol. The summed E-state index contributed by atoms with van der Waals surface area (Å²) < 4.78 is 32.4. The lowest BCUT2D eigenvalue weighted by Gasteiger charge is -2.30. The van der Waals surface area contributed by atoms with Gasteiger partial charge in [-0.15, -0.1) is 0 Å². The van der Waals surface area contributed by atoms with E-state index in [1.807, 2.05) is 0 Å². The number of rotatable bonds is 1. The van der Waals surface area contributed by atoms with Crippen molar-refractivity contribution in [3.05, 3.63) is 64.7 Å². The molecule has 2 aromatic carbocycles. The van der Waals surface area contributed by atoms with Crippen molar-refractivity contribution in [1.29, 1.82) is 0 Å². The Kier molecular flexibility index (Phi) is 3.18. The monoisotopic (exact) mass is 275 g/mol. The molecular formula is C16H15F2NO. The van der Waals surface area contributed by atoms with E-state index in [1.165, 1.54) is 18.2 Å². The molecule has 4 heteroatoms. The fraction of sp³-hybridized carbons (Fsp3) is 0.250. The Morgan fingerprint density at radius 2 is 1.95 bits per heavy atom. The molecule has 0 radical (unpaired) electrons. The largest absolute Gasteiger partial charge is 0.485 e. The second-order valence-electron chi connectivity index (χ2n) is 5.14. The molecule has 1 aliphatic heterocycles. The van der Waals surface area contributed by atoms with Crippen LogP contribution in [0.15, 0.2) is 36.4 Å². The molecule has 0 amide bonds. The fourth-order valence-corrected chi connectivity index (χ4v) is 2.55. The molecule has 104 valence electrons. The predicted molar refractivity (Wildman–Crippen MR) is 72.5 cm³/mol. The zero-order valence-electron chi connectivity index (χ0n) is 11.1. The van der Waals surface area contributed by atoms with Crippen molar-refractivity contribution in [3.63, 3.8) is 0 Å². The summed E-state index contributed by atoms with van der Waals surface area (Å²) in [7, 11) is 0. The van der Waals surface area contributed by atoms with Crippen molar-refractivity contribution in [2.75, 3.05) is 0 Å². The average Bonchev–Trinajstić information content (AvgIpc) is 2.42. The number of hydrogen-bond donors (Lipinski definition) is 1. The summed E-state index contributed by atoms with van der Waals surface area (Å²) in [4.78, 5) is 0. The standard InChI is InChI=1S/C16H15F2NO/c1-9-6-10(2-4-13(9)18)16-8-14(19)12-7-11(17)3-5-15(12)20-16/h2-7,14,16H,8,19H2,1H3/t14-,16?/m1/s1. The van der Waals surface area contributed by atoms with Crippen LogP contribution in [0.2, 0.25) is 0 Å². The Labute approximate surface area is 116 Å². The van der Waals surface area contributed by atoms with Crippen molar-refractivity contribution >= 4 is 0 Å². The molecule has 0 saturated carbocycles. The minimum Gasteiger partial charge on any atom is -0.485 e. The number of fused-ring (bicyclic) bond motifs is 1. The third kappa shape index (κ3) is 2.27. The molecule has 20 heavy (non-hydrogen) atoms. The lowest BCUT2D eigenvalue weighted by Crippen LogP contribution is -2.24. The molecule has 0 aromatic heterocycles. The number of hydrogen-bond acceptors (Lipinski definition) is 2. The van der Waals surface area contributed by atoms with Crippen LogP contribution < -0.4 is 10.5 Å². The molecule has 3 rings (SSSR count). The van der Waals surface area contributed by atoms with Crippen molar-refractivity contribution < 1.29 is 13.5 Å². The maximum atomic E-state index is 13.3. The topological polar surface area (TPSA) is 35.2 Å². The van der Waals surface area contributed by atoms with E-state index in [-0.39, 0.29) is 23.8 Å². The van der Waals surface area contributed by atoms with E-state index >= 15 is 0 Å². The molecule has 0 bridgehead atoms. The molecule has 2 nitrogen and oxygen atoms in total. The summed E-state index contributed by atoms with van der Waals surface area (Å²) >= 11 is 0. The van der Waals surface area contributed by atoms with E-state index in [0.29, 0.717) is 23.3 Å². The lowest BCUT2D eigenvalue weighted by molar-refractivity contribution is 0.161. The average molecular weight is 275 g/mol. The second kappa shape index (κ2) is 4.87. The second-order valence-corrected chi connectivity index (χ2v) is 5.14. The van der Waals surface area contributed by atoms with Crippen LogP contribution in [0.5, 0.6) is 5.75 Å². The van der Waals surface area contributed by atoms with E-state index in [4.69, 9.17) is 10.5 Å². The van der Waals surface area contributed by atoms with Crippen LogP contribution >= 0.6 is 0 Å². The van der Waals surface area contributed by atoms with Crippen LogP contribution in [-0.2, 0) is 0 Å². The Hall–Kier alpha value is -1.94. The van der Waals surface area contributed by atoms with Crippen LogP contribution in [0.3, 0.4) is 0 Å².